The van der Waals surface area contributed by atoms with Crippen LogP contribution in [0.3, 0.4) is 0 Å². The molecular weight excluding hydrogens is 284 g/mol. The second-order valence-corrected chi connectivity index (χ2v) is 5.68. The quantitative estimate of drug-likeness (QED) is 0.871. The first-order chi connectivity index (χ1) is 10.7. The zero-order valence-electron chi connectivity index (χ0n) is 12.8. The average molecular weight is 306 g/mol. The van der Waals surface area contributed by atoms with Gasteiger partial charge in [0.1, 0.15) is 0 Å². The number of urea groups is 1. The Hall–Kier alpha value is -1.95. The number of rotatable bonds is 5. The molecule has 0 spiro atoms. The van der Waals surface area contributed by atoms with Crippen molar-refractivity contribution >= 4 is 6.03 Å². The van der Waals surface area contributed by atoms with Gasteiger partial charge in [0.2, 0.25) is 6.79 Å². The van der Waals surface area contributed by atoms with Crippen LogP contribution in [0.2, 0.25) is 0 Å². The molecule has 2 aliphatic heterocycles. The van der Waals surface area contributed by atoms with Gasteiger partial charge in [-0.3, -0.25) is 0 Å². The van der Waals surface area contributed by atoms with Gasteiger partial charge in [0, 0.05) is 13.2 Å². The van der Waals surface area contributed by atoms with Crippen molar-refractivity contribution in [1.29, 1.82) is 0 Å². The molecule has 0 aliphatic carbocycles. The van der Waals surface area contributed by atoms with Crippen molar-refractivity contribution in [2.75, 3.05) is 19.9 Å². The molecule has 1 saturated heterocycles. The molecule has 0 saturated carbocycles. The van der Waals surface area contributed by atoms with Crippen LogP contribution in [0.4, 0.5) is 4.79 Å². The van der Waals surface area contributed by atoms with E-state index in [4.69, 9.17) is 14.2 Å². The molecule has 0 aromatic heterocycles. The number of hydrogen-bond acceptors (Lipinski definition) is 4. The maximum Gasteiger partial charge on any atom is 0.315 e. The van der Waals surface area contributed by atoms with E-state index in [1.165, 1.54) is 0 Å². The van der Waals surface area contributed by atoms with Gasteiger partial charge in [-0.2, -0.15) is 0 Å². The monoisotopic (exact) mass is 306 g/mol. The van der Waals surface area contributed by atoms with Crippen molar-refractivity contribution in [3.8, 4) is 11.5 Å². The number of amides is 2. The molecule has 2 aliphatic rings. The standard InChI is InChI=1S/C16H22N2O4/c1-11(13-3-2-8-20-13)18-16(19)17-7-6-12-4-5-14-15(9-12)22-10-21-14/h4-5,9,11,13H,2-3,6-8,10H2,1H3,(H2,17,18,19)/t11-,13+/m1/s1. The Kier molecular flexibility index (Phi) is 4.68. The van der Waals surface area contributed by atoms with Gasteiger partial charge in [0.25, 0.3) is 0 Å². The highest BCUT2D eigenvalue weighted by Gasteiger charge is 2.23. The molecular formula is C16H22N2O4. The third kappa shape index (κ3) is 3.62. The third-order valence-electron chi connectivity index (χ3n) is 4.02. The zero-order chi connectivity index (χ0) is 15.4. The summed E-state index contributed by atoms with van der Waals surface area (Å²) in [5.41, 5.74) is 1.11. The van der Waals surface area contributed by atoms with E-state index < -0.39 is 0 Å². The van der Waals surface area contributed by atoms with E-state index in [0.29, 0.717) is 6.54 Å². The largest absolute Gasteiger partial charge is 0.454 e. The first-order valence-corrected chi connectivity index (χ1v) is 7.77. The topological polar surface area (TPSA) is 68.8 Å². The van der Waals surface area contributed by atoms with Crippen LogP contribution >= 0.6 is 0 Å². The molecule has 1 fully saturated rings. The molecule has 0 unspecified atom stereocenters. The van der Waals surface area contributed by atoms with Gasteiger partial charge in [-0.05, 0) is 43.9 Å². The van der Waals surface area contributed by atoms with Gasteiger partial charge < -0.3 is 24.8 Å². The van der Waals surface area contributed by atoms with Gasteiger partial charge >= 0.3 is 6.03 Å². The summed E-state index contributed by atoms with van der Waals surface area (Å²) in [6.45, 7) is 3.63. The van der Waals surface area contributed by atoms with Crippen molar-refractivity contribution in [3.63, 3.8) is 0 Å². The maximum atomic E-state index is 11.9. The number of ether oxygens (including phenoxy) is 3. The van der Waals surface area contributed by atoms with Gasteiger partial charge in [0.15, 0.2) is 11.5 Å². The lowest BCUT2D eigenvalue weighted by molar-refractivity contribution is 0.0860. The SMILES string of the molecule is C[C@@H](NC(=O)NCCc1ccc2c(c1)OCO2)[C@@H]1CCCO1. The Balaban J connectivity index is 1.40. The number of nitrogens with one attached hydrogen (secondary N) is 2. The fourth-order valence-electron chi connectivity index (χ4n) is 2.76. The molecule has 0 bridgehead atoms. The molecule has 2 N–H and O–H groups in total. The predicted octanol–water partition coefficient (Wildman–Crippen LogP) is 1.82. The second kappa shape index (κ2) is 6.87. The lowest BCUT2D eigenvalue weighted by Crippen LogP contribution is -2.46. The molecule has 2 atom stereocenters. The highest BCUT2D eigenvalue weighted by molar-refractivity contribution is 5.74. The molecule has 3 rings (SSSR count). The molecule has 2 heterocycles. The molecule has 22 heavy (non-hydrogen) atoms. The number of carbonyl (C=O) groups is 1. The molecule has 6 nitrogen and oxygen atoms in total. The van der Waals surface area contributed by atoms with E-state index in [1.807, 2.05) is 25.1 Å². The first-order valence-electron chi connectivity index (χ1n) is 7.77. The third-order valence-corrected chi connectivity index (χ3v) is 4.02. The van der Waals surface area contributed by atoms with Crippen molar-refractivity contribution < 1.29 is 19.0 Å². The normalized spacial score (nSPS) is 20.7. The molecule has 120 valence electrons. The Morgan fingerprint density at radius 2 is 2.23 bits per heavy atom. The molecule has 1 aromatic carbocycles. The Labute approximate surface area is 130 Å². The minimum absolute atomic E-state index is 0.0352. The van der Waals surface area contributed by atoms with E-state index >= 15 is 0 Å². The van der Waals surface area contributed by atoms with Crippen LogP contribution in [0.15, 0.2) is 18.2 Å². The van der Waals surface area contributed by atoms with Crippen LogP contribution in [0.25, 0.3) is 0 Å². The number of carbonyl (C=O) groups excluding carboxylic acids is 1. The van der Waals surface area contributed by atoms with E-state index in [-0.39, 0.29) is 25.0 Å². The summed E-state index contributed by atoms with van der Waals surface area (Å²) in [5, 5.41) is 5.81. The summed E-state index contributed by atoms with van der Waals surface area (Å²) in [4.78, 5) is 11.9. The summed E-state index contributed by atoms with van der Waals surface area (Å²) in [6.07, 6.45) is 2.97. The van der Waals surface area contributed by atoms with E-state index in [0.717, 1.165) is 42.9 Å². The van der Waals surface area contributed by atoms with E-state index in [9.17, 15) is 4.79 Å². The first kappa shape index (κ1) is 15.0. The number of fused-ring (bicyclic) bond motifs is 1. The maximum absolute atomic E-state index is 11.9. The smallest absolute Gasteiger partial charge is 0.315 e. The van der Waals surface area contributed by atoms with Gasteiger partial charge in [-0.1, -0.05) is 6.07 Å². The van der Waals surface area contributed by atoms with Crippen LogP contribution in [0.1, 0.15) is 25.3 Å². The highest BCUT2D eigenvalue weighted by Crippen LogP contribution is 2.32. The van der Waals surface area contributed by atoms with Crippen molar-refractivity contribution in [2.24, 2.45) is 0 Å². The zero-order valence-corrected chi connectivity index (χ0v) is 12.8. The van der Waals surface area contributed by atoms with Crippen LogP contribution in [0.5, 0.6) is 11.5 Å². The van der Waals surface area contributed by atoms with Crippen molar-refractivity contribution in [1.82, 2.24) is 10.6 Å². The minimum Gasteiger partial charge on any atom is -0.454 e. The van der Waals surface area contributed by atoms with Crippen LogP contribution in [0, 0.1) is 0 Å². The summed E-state index contributed by atoms with van der Waals surface area (Å²) in [7, 11) is 0. The summed E-state index contributed by atoms with van der Waals surface area (Å²) >= 11 is 0. The summed E-state index contributed by atoms with van der Waals surface area (Å²) in [6, 6.07) is 5.73. The highest BCUT2D eigenvalue weighted by atomic mass is 16.7. The van der Waals surface area contributed by atoms with Crippen LogP contribution < -0.4 is 20.1 Å². The van der Waals surface area contributed by atoms with Crippen LogP contribution in [-0.2, 0) is 11.2 Å². The Bertz CT molecular complexity index is 529. The lowest BCUT2D eigenvalue weighted by atomic mass is 10.1. The Morgan fingerprint density at radius 3 is 3.05 bits per heavy atom. The lowest BCUT2D eigenvalue weighted by Gasteiger charge is -2.20. The number of hydrogen-bond donors (Lipinski definition) is 2. The summed E-state index contributed by atoms with van der Waals surface area (Å²) in [5.74, 6) is 1.55. The average Bonchev–Trinajstić information content (AvgIpc) is 3.18. The number of benzene rings is 1. The molecule has 1 aromatic rings. The predicted molar refractivity (Wildman–Crippen MR) is 81.2 cm³/mol. The molecule has 2 amide bonds. The fourth-order valence-corrected chi connectivity index (χ4v) is 2.76. The van der Waals surface area contributed by atoms with Gasteiger partial charge in [-0.15, -0.1) is 0 Å². The van der Waals surface area contributed by atoms with Crippen LogP contribution in [-0.4, -0.2) is 38.1 Å². The summed E-state index contributed by atoms with van der Waals surface area (Å²) < 4.78 is 16.2. The van der Waals surface area contributed by atoms with Crippen molar-refractivity contribution in [2.45, 2.75) is 38.3 Å². The fraction of sp³-hybridized carbons (Fsp3) is 0.562. The molecule has 6 heteroatoms. The second-order valence-electron chi connectivity index (χ2n) is 5.68. The van der Waals surface area contributed by atoms with E-state index in [1.54, 1.807) is 0 Å². The van der Waals surface area contributed by atoms with Crippen molar-refractivity contribution in [3.05, 3.63) is 23.8 Å². The van der Waals surface area contributed by atoms with Gasteiger partial charge in [-0.25, -0.2) is 4.79 Å². The van der Waals surface area contributed by atoms with E-state index in [2.05, 4.69) is 10.6 Å². The minimum atomic E-state index is -0.149. The Morgan fingerprint density at radius 1 is 1.36 bits per heavy atom. The van der Waals surface area contributed by atoms with Gasteiger partial charge in [0.05, 0.1) is 12.1 Å². The molecule has 0 radical (unpaired) electrons.